The van der Waals surface area contributed by atoms with Crippen LogP contribution in [-0.2, 0) is 0 Å². The predicted octanol–water partition coefficient (Wildman–Crippen LogP) is 1.14. The summed E-state index contributed by atoms with van der Waals surface area (Å²) in [5, 5.41) is 9.03. The molecule has 0 spiro atoms. The Kier molecular flexibility index (Phi) is 4.56. The molecule has 0 aliphatic heterocycles. The lowest BCUT2D eigenvalue weighted by atomic mass is 9.91. The van der Waals surface area contributed by atoms with Crippen LogP contribution in [0.4, 0.5) is 0 Å². The standard InChI is InChI=1S/C11H18N2O/c1-9(5-10(6-12)8-14)11-3-2-4-13-7-11/h2-4,7,9-10,14H,5-6,8,12H2,1H3. The Bertz CT molecular complexity index is 247. The highest BCUT2D eigenvalue weighted by Crippen LogP contribution is 2.21. The van der Waals surface area contributed by atoms with E-state index in [9.17, 15) is 0 Å². The van der Waals surface area contributed by atoms with E-state index >= 15 is 0 Å². The summed E-state index contributed by atoms with van der Waals surface area (Å²) in [6, 6.07) is 3.99. The zero-order chi connectivity index (χ0) is 10.4. The van der Waals surface area contributed by atoms with E-state index in [2.05, 4.69) is 18.0 Å². The second-order valence-electron chi connectivity index (χ2n) is 3.71. The lowest BCUT2D eigenvalue weighted by Crippen LogP contribution is -2.20. The maximum absolute atomic E-state index is 9.03. The van der Waals surface area contributed by atoms with Crippen molar-refractivity contribution in [3.63, 3.8) is 0 Å². The molecule has 1 aromatic heterocycles. The van der Waals surface area contributed by atoms with Crippen molar-refractivity contribution in [1.82, 2.24) is 4.98 Å². The molecule has 1 heterocycles. The summed E-state index contributed by atoms with van der Waals surface area (Å²) in [6.45, 7) is 2.84. The molecule has 3 N–H and O–H groups in total. The molecule has 0 aliphatic rings. The first-order valence-electron chi connectivity index (χ1n) is 4.98. The summed E-state index contributed by atoms with van der Waals surface area (Å²) >= 11 is 0. The molecule has 0 aliphatic carbocycles. The Morgan fingerprint density at radius 3 is 2.86 bits per heavy atom. The molecule has 14 heavy (non-hydrogen) atoms. The Hall–Kier alpha value is -0.930. The highest BCUT2D eigenvalue weighted by atomic mass is 16.3. The van der Waals surface area contributed by atoms with Gasteiger partial charge in [0.05, 0.1) is 0 Å². The third kappa shape index (κ3) is 3.09. The van der Waals surface area contributed by atoms with Crippen LogP contribution in [0.3, 0.4) is 0 Å². The quantitative estimate of drug-likeness (QED) is 0.739. The number of nitrogens with zero attached hydrogens (tertiary/aromatic N) is 1. The van der Waals surface area contributed by atoms with Crippen molar-refractivity contribution >= 4 is 0 Å². The second-order valence-corrected chi connectivity index (χ2v) is 3.71. The van der Waals surface area contributed by atoms with E-state index in [1.54, 1.807) is 6.20 Å². The minimum Gasteiger partial charge on any atom is -0.396 e. The zero-order valence-electron chi connectivity index (χ0n) is 8.56. The number of pyridine rings is 1. The Morgan fingerprint density at radius 2 is 2.36 bits per heavy atom. The number of aliphatic hydroxyl groups is 1. The molecular formula is C11H18N2O. The van der Waals surface area contributed by atoms with E-state index in [1.165, 1.54) is 5.56 Å². The van der Waals surface area contributed by atoms with Crippen LogP contribution in [0.15, 0.2) is 24.5 Å². The van der Waals surface area contributed by atoms with Crippen molar-refractivity contribution < 1.29 is 5.11 Å². The molecule has 0 fully saturated rings. The van der Waals surface area contributed by atoms with Crippen LogP contribution in [-0.4, -0.2) is 23.2 Å². The van der Waals surface area contributed by atoms with Crippen LogP contribution < -0.4 is 5.73 Å². The fraction of sp³-hybridized carbons (Fsp3) is 0.545. The molecule has 2 atom stereocenters. The van der Waals surface area contributed by atoms with E-state index < -0.39 is 0 Å². The summed E-state index contributed by atoms with van der Waals surface area (Å²) in [4.78, 5) is 4.07. The van der Waals surface area contributed by atoms with E-state index in [-0.39, 0.29) is 12.5 Å². The summed E-state index contributed by atoms with van der Waals surface area (Å²) in [7, 11) is 0. The fourth-order valence-corrected chi connectivity index (χ4v) is 1.55. The monoisotopic (exact) mass is 194 g/mol. The molecule has 0 saturated heterocycles. The van der Waals surface area contributed by atoms with Crippen molar-refractivity contribution in [2.24, 2.45) is 11.7 Å². The lowest BCUT2D eigenvalue weighted by molar-refractivity contribution is 0.217. The average molecular weight is 194 g/mol. The first kappa shape index (κ1) is 11.1. The average Bonchev–Trinajstić information content (AvgIpc) is 2.26. The number of nitrogens with two attached hydrogens (primary N) is 1. The van der Waals surface area contributed by atoms with E-state index in [0.717, 1.165) is 6.42 Å². The minimum absolute atomic E-state index is 0.168. The topological polar surface area (TPSA) is 59.1 Å². The first-order chi connectivity index (χ1) is 6.77. The largest absolute Gasteiger partial charge is 0.396 e. The van der Waals surface area contributed by atoms with E-state index in [0.29, 0.717) is 12.5 Å². The molecule has 3 heteroatoms. The lowest BCUT2D eigenvalue weighted by Gasteiger charge is -2.17. The summed E-state index contributed by atoms with van der Waals surface area (Å²) in [6.07, 6.45) is 4.55. The highest BCUT2D eigenvalue weighted by Gasteiger charge is 2.12. The summed E-state index contributed by atoms with van der Waals surface area (Å²) in [5.41, 5.74) is 6.74. The Balaban J connectivity index is 2.54. The molecule has 3 nitrogen and oxygen atoms in total. The van der Waals surface area contributed by atoms with Gasteiger partial charge in [-0.3, -0.25) is 4.98 Å². The van der Waals surface area contributed by atoms with Crippen LogP contribution in [0, 0.1) is 5.92 Å². The molecule has 0 amide bonds. The van der Waals surface area contributed by atoms with Gasteiger partial charge in [0, 0.05) is 19.0 Å². The van der Waals surface area contributed by atoms with Gasteiger partial charge in [0.2, 0.25) is 0 Å². The van der Waals surface area contributed by atoms with E-state index in [4.69, 9.17) is 10.8 Å². The normalized spacial score (nSPS) is 15.1. The third-order valence-corrected chi connectivity index (χ3v) is 2.53. The van der Waals surface area contributed by atoms with Crippen LogP contribution in [0.1, 0.15) is 24.8 Å². The van der Waals surface area contributed by atoms with Gasteiger partial charge in [-0.1, -0.05) is 13.0 Å². The number of rotatable bonds is 5. The van der Waals surface area contributed by atoms with Gasteiger partial charge in [-0.05, 0) is 36.4 Å². The van der Waals surface area contributed by atoms with Gasteiger partial charge in [0.1, 0.15) is 0 Å². The van der Waals surface area contributed by atoms with Crippen molar-refractivity contribution in [1.29, 1.82) is 0 Å². The van der Waals surface area contributed by atoms with Gasteiger partial charge in [0.25, 0.3) is 0 Å². The van der Waals surface area contributed by atoms with Crippen molar-refractivity contribution in [2.45, 2.75) is 19.3 Å². The van der Waals surface area contributed by atoms with Gasteiger partial charge in [-0.15, -0.1) is 0 Å². The molecule has 1 rings (SSSR count). The number of aromatic nitrogens is 1. The van der Waals surface area contributed by atoms with Gasteiger partial charge in [0.15, 0.2) is 0 Å². The zero-order valence-corrected chi connectivity index (χ0v) is 8.56. The number of aliphatic hydroxyl groups excluding tert-OH is 1. The molecular weight excluding hydrogens is 176 g/mol. The Morgan fingerprint density at radius 1 is 1.57 bits per heavy atom. The first-order valence-corrected chi connectivity index (χ1v) is 4.98. The number of hydrogen-bond donors (Lipinski definition) is 2. The predicted molar refractivity (Wildman–Crippen MR) is 56.9 cm³/mol. The van der Waals surface area contributed by atoms with Gasteiger partial charge < -0.3 is 10.8 Å². The minimum atomic E-state index is 0.168. The van der Waals surface area contributed by atoms with Crippen LogP contribution in [0.25, 0.3) is 0 Å². The van der Waals surface area contributed by atoms with Gasteiger partial charge >= 0.3 is 0 Å². The highest BCUT2D eigenvalue weighted by molar-refractivity contribution is 5.13. The SMILES string of the molecule is CC(CC(CN)CO)c1cccnc1. The smallest absolute Gasteiger partial charge is 0.0471 e. The molecule has 2 unspecified atom stereocenters. The van der Waals surface area contributed by atoms with Crippen LogP contribution in [0.5, 0.6) is 0 Å². The maximum Gasteiger partial charge on any atom is 0.0471 e. The van der Waals surface area contributed by atoms with Gasteiger partial charge in [-0.25, -0.2) is 0 Å². The molecule has 0 saturated carbocycles. The summed E-state index contributed by atoms with van der Waals surface area (Å²) in [5.74, 6) is 0.606. The molecule has 1 aromatic rings. The fourth-order valence-electron chi connectivity index (χ4n) is 1.55. The number of hydrogen-bond acceptors (Lipinski definition) is 3. The third-order valence-electron chi connectivity index (χ3n) is 2.53. The van der Waals surface area contributed by atoms with Crippen LogP contribution in [0.2, 0.25) is 0 Å². The van der Waals surface area contributed by atoms with Gasteiger partial charge in [-0.2, -0.15) is 0 Å². The van der Waals surface area contributed by atoms with E-state index in [1.807, 2.05) is 12.3 Å². The van der Waals surface area contributed by atoms with Crippen molar-refractivity contribution in [2.75, 3.05) is 13.2 Å². The van der Waals surface area contributed by atoms with Crippen LogP contribution >= 0.6 is 0 Å². The molecule has 0 radical (unpaired) electrons. The maximum atomic E-state index is 9.03. The summed E-state index contributed by atoms with van der Waals surface area (Å²) < 4.78 is 0. The molecule has 0 aromatic carbocycles. The molecule has 0 bridgehead atoms. The molecule has 78 valence electrons. The Labute approximate surface area is 85.0 Å². The van der Waals surface area contributed by atoms with Crippen molar-refractivity contribution in [3.8, 4) is 0 Å². The second kappa shape index (κ2) is 5.73. The van der Waals surface area contributed by atoms with Crippen molar-refractivity contribution in [3.05, 3.63) is 30.1 Å².